The van der Waals surface area contributed by atoms with Crippen LogP contribution < -0.4 is 16.0 Å². The van der Waals surface area contributed by atoms with Gasteiger partial charge in [0.1, 0.15) is 0 Å². The first kappa shape index (κ1) is 31.5. The van der Waals surface area contributed by atoms with Crippen molar-refractivity contribution in [2.45, 2.75) is 44.8 Å². The third kappa shape index (κ3) is 6.99. The molecule has 1 atom stereocenters. The number of nitrogens with two attached hydrogens (primary N) is 1. The zero-order valence-electron chi connectivity index (χ0n) is 26.0. The summed E-state index contributed by atoms with van der Waals surface area (Å²) in [7, 11) is 0. The number of nitrogens with one attached hydrogen (secondary N) is 1. The fraction of sp³-hybridized carbons (Fsp3) is 0.412. The first-order chi connectivity index (χ1) is 22.3. The van der Waals surface area contributed by atoms with E-state index in [1.54, 1.807) is 28.3 Å². The lowest BCUT2D eigenvalue weighted by molar-refractivity contribution is -0.141. The lowest BCUT2D eigenvalue weighted by Gasteiger charge is -2.39. The zero-order chi connectivity index (χ0) is 32.2. The van der Waals surface area contributed by atoms with Crippen molar-refractivity contribution in [1.29, 1.82) is 0 Å². The second-order valence-electron chi connectivity index (χ2n) is 12.2. The largest absolute Gasteiger partial charge is 0.436 e. The molecule has 11 nitrogen and oxygen atoms in total. The fourth-order valence-electron chi connectivity index (χ4n) is 6.58. The number of hydrogen-bond acceptors (Lipinski definition) is 7. The maximum atomic E-state index is 13.9. The zero-order valence-corrected chi connectivity index (χ0v) is 26.8. The SMILES string of the molecule is Cc1cc(C[C@@H](OC(=O)N2CCC(N3CCc4ccccc4NC3=O)CC2)C(=O)N2CCN(c3ccncc3)CC2)cc(Cl)c1N. The number of amides is 4. The van der Waals surface area contributed by atoms with Crippen LogP contribution in [-0.4, -0.2) is 95.7 Å². The molecular formula is C34H40ClN7O4. The van der Waals surface area contributed by atoms with Crippen LogP contribution in [0.5, 0.6) is 0 Å². The van der Waals surface area contributed by atoms with E-state index < -0.39 is 12.2 Å². The van der Waals surface area contributed by atoms with Gasteiger partial charge in [0, 0.05) is 82.0 Å². The van der Waals surface area contributed by atoms with Crippen LogP contribution in [0.2, 0.25) is 5.02 Å². The molecule has 2 aromatic carbocycles. The van der Waals surface area contributed by atoms with Crippen LogP contribution in [0.25, 0.3) is 0 Å². The average Bonchev–Trinajstić information content (AvgIpc) is 3.25. The maximum absolute atomic E-state index is 13.9. The molecule has 0 spiro atoms. The molecule has 3 N–H and O–H groups in total. The molecule has 3 aromatic rings. The summed E-state index contributed by atoms with van der Waals surface area (Å²) in [6.45, 7) is 5.66. The van der Waals surface area contributed by atoms with Crippen LogP contribution in [0.15, 0.2) is 60.9 Å². The number of carbonyl (C=O) groups is 3. The number of para-hydroxylation sites is 1. The normalized spacial score (nSPS) is 18.0. The summed E-state index contributed by atoms with van der Waals surface area (Å²) in [5.41, 5.74) is 11.1. The van der Waals surface area contributed by atoms with Crippen molar-refractivity contribution in [1.82, 2.24) is 19.7 Å². The molecule has 3 aliphatic heterocycles. The van der Waals surface area contributed by atoms with Crippen LogP contribution in [-0.2, 0) is 22.4 Å². The number of urea groups is 1. The number of halogens is 1. The van der Waals surface area contributed by atoms with Gasteiger partial charge in [-0.3, -0.25) is 9.78 Å². The van der Waals surface area contributed by atoms with E-state index in [1.807, 2.05) is 54.3 Å². The molecule has 0 saturated carbocycles. The van der Waals surface area contributed by atoms with Crippen LogP contribution in [0.3, 0.4) is 0 Å². The predicted molar refractivity (Wildman–Crippen MR) is 178 cm³/mol. The summed E-state index contributed by atoms with van der Waals surface area (Å²) in [5, 5.41) is 3.44. The van der Waals surface area contributed by atoms with Crippen molar-refractivity contribution >= 4 is 46.7 Å². The summed E-state index contributed by atoms with van der Waals surface area (Å²) in [6, 6.07) is 15.3. The summed E-state index contributed by atoms with van der Waals surface area (Å²) in [6.07, 6.45) is 4.17. The van der Waals surface area contributed by atoms with Gasteiger partial charge in [0.05, 0.1) is 10.7 Å². The number of piperidine rings is 1. The van der Waals surface area contributed by atoms with Crippen molar-refractivity contribution in [3.63, 3.8) is 0 Å². The third-order valence-electron chi connectivity index (χ3n) is 9.26. The fourth-order valence-corrected chi connectivity index (χ4v) is 6.86. The second kappa shape index (κ2) is 13.9. The standard InChI is InChI=1S/C34H40ClN7O4/c1-23-20-24(21-28(35)31(23)36)22-30(32(43)40-18-16-39(17-19-40)26-6-11-37-12-7-26)46-34(45)41-13-9-27(10-14-41)42-15-8-25-4-2-3-5-29(25)38-33(42)44/h2-7,11-12,20-21,27,30H,8-10,13-19,22,36H2,1H3,(H,38,44)/t30-/m1/s1. The number of nitrogens with zero attached hydrogens (tertiary/aromatic N) is 5. The third-order valence-corrected chi connectivity index (χ3v) is 9.57. The Hall–Kier alpha value is -4.51. The molecule has 6 rings (SSSR count). The molecule has 0 bridgehead atoms. The van der Waals surface area contributed by atoms with Crippen LogP contribution >= 0.6 is 11.6 Å². The number of pyridine rings is 1. The number of hydrogen-bond donors (Lipinski definition) is 2. The molecule has 0 unspecified atom stereocenters. The highest BCUT2D eigenvalue weighted by Gasteiger charge is 2.35. The number of nitrogen functional groups attached to an aromatic ring is 1. The van der Waals surface area contributed by atoms with E-state index in [-0.39, 0.29) is 24.4 Å². The number of aryl methyl sites for hydroxylation is 1. The highest BCUT2D eigenvalue weighted by Crippen LogP contribution is 2.27. The number of piperazine rings is 1. The molecule has 2 saturated heterocycles. The first-order valence-electron chi connectivity index (χ1n) is 15.9. The molecular weight excluding hydrogens is 606 g/mol. The van der Waals surface area contributed by atoms with Gasteiger partial charge in [-0.2, -0.15) is 0 Å². The second-order valence-corrected chi connectivity index (χ2v) is 12.6. The van der Waals surface area contributed by atoms with E-state index in [4.69, 9.17) is 22.1 Å². The number of fused-ring (bicyclic) bond motifs is 1. The highest BCUT2D eigenvalue weighted by molar-refractivity contribution is 6.33. The molecule has 1 aromatic heterocycles. The van der Waals surface area contributed by atoms with Crippen molar-refractivity contribution in [2.75, 3.05) is 61.8 Å². The first-order valence-corrected chi connectivity index (χ1v) is 16.2. The monoisotopic (exact) mass is 645 g/mol. The number of rotatable bonds is 6. The van der Waals surface area contributed by atoms with Gasteiger partial charge in [0.15, 0.2) is 6.10 Å². The number of carbonyl (C=O) groups excluding carboxylic acids is 3. The van der Waals surface area contributed by atoms with Crippen molar-refractivity contribution < 1.29 is 19.1 Å². The van der Waals surface area contributed by atoms with Gasteiger partial charge in [-0.15, -0.1) is 0 Å². The minimum absolute atomic E-state index is 0.00683. The van der Waals surface area contributed by atoms with Crippen LogP contribution in [0.4, 0.5) is 26.7 Å². The molecule has 4 heterocycles. The Bertz CT molecular complexity index is 1550. The van der Waals surface area contributed by atoms with Crippen LogP contribution in [0.1, 0.15) is 29.5 Å². The van der Waals surface area contributed by atoms with Gasteiger partial charge in [-0.05, 0) is 67.1 Å². The number of aromatic nitrogens is 1. The van der Waals surface area contributed by atoms with E-state index in [1.165, 1.54) is 0 Å². The quantitative estimate of drug-likeness (QED) is 0.376. The van der Waals surface area contributed by atoms with Gasteiger partial charge >= 0.3 is 12.1 Å². The molecule has 242 valence electrons. The summed E-state index contributed by atoms with van der Waals surface area (Å²) >= 11 is 6.38. The summed E-state index contributed by atoms with van der Waals surface area (Å²) in [5.74, 6) is -0.232. The number of ether oxygens (including phenoxy) is 1. The summed E-state index contributed by atoms with van der Waals surface area (Å²) < 4.78 is 6.00. The van der Waals surface area contributed by atoms with Crippen molar-refractivity contribution in [2.24, 2.45) is 0 Å². The smallest absolute Gasteiger partial charge is 0.410 e. The van der Waals surface area contributed by atoms with Gasteiger partial charge in [0.25, 0.3) is 5.91 Å². The summed E-state index contributed by atoms with van der Waals surface area (Å²) in [4.78, 5) is 52.1. The molecule has 0 radical (unpaired) electrons. The Labute approximate surface area is 274 Å². The Morgan fingerprint density at radius 1 is 1.00 bits per heavy atom. The number of benzene rings is 2. The van der Waals surface area contributed by atoms with Gasteiger partial charge in [-0.25, -0.2) is 9.59 Å². The van der Waals surface area contributed by atoms with E-state index in [9.17, 15) is 14.4 Å². The number of likely N-dealkylation sites (tertiary alicyclic amines) is 1. The highest BCUT2D eigenvalue weighted by atomic mass is 35.5. The van der Waals surface area contributed by atoms with Crippen LogP contribution in [0, 0.1) is 6.92 Å². The van der Waals surface area contributed by atoms with E-state index in [0.29, 0.717) is 69.4 Å². The predicted octanol–water partition coefficient (Wildman–Crippen LogP) is 4.58. The Morgan fingerprint density at radius 2 is 1.72 bits per heavy atom. The maximum Gasteiger partial charge on any atom is 0.410 e. The Balaban J connectivity index is 1.10. The van der Waals surface area contributed by atoms with E-state index >= 15 is 0 Å². The molecule has 3 aliphatic rings. The minimum atomic E-state index is -1.02. The molecule has 12 heteroatoms. The average molecular weight is 646 g/mol. The molecule has 4 amide bonds. The van der Waals surface area contributed by atoms with E-state index in [0.717, 1.165) is 34.5 Å². The van der Waals surface area contributed by atoms with Gasteiger partial charge < -0.3 is 35.4 Å². The van der Waals surface area contributed by atoms with Crippen molar-refractivity contribution in [3.05, 3.63) is 82.6 Å². The molecule has 2 fully saturated rings. The lowest BCUT2D eigenvalue weighted by Crippen LogP contribution is -2.54. The Morgan fingerprint density at radius 3 is 2.43 bits per heavy atom. The lowest BCUT2D eigenvalue weighted by atomic mass is 10.0. The molecule has 0 aliphatic carbocycles. The Kier molecular flexibility index (Phi) is 9.48. The minimum Gasteiger partial charge on any atom is -0.436 e. The van der Waals surface area contributed by atoms with Gasteiger partial charge in [0.2, 0.25) is 0 Å². The van der Waals surface area contributed by atoms with Gasteiger partial charge in [-0.1, -0.05) is 35.9 Å². The number of anilines is 3. The van der Waals surface area contributed by atoms with Crippen molar-refractivity contribution in [3.8, 4) is 0 Å². The molecule has 46 heavy (non-hydrogen) atoms. The topological polar surface area (TPSA) is 124 Å². The van der Waals surface area contributed by atoms with E-state index in [2.05, 4.69) is 15.2 Å².